The highest BCUT2D eigenvalue weighted by molar-refractivity contribution is 5.61. The van der Waals surface area contributed by atoms with Crippen molar-refractivity contribution >= 4 is 0 Å². The zero-order chi connectivity index (χ0) is 11.5. The summed E-state index contributed by atoms with van der Waals surface area (Å²) in [5.41, 5.74) is 2.09. The van der Waals surface area contributed by atoms with Crippen molar-refractivity contribution in [3.63, 3.8) is 0 Å². The summed E-state index contributed by atoms with van der Waals surface area (Å²) >= 11 is 0. The van der Waals surface area contributed by atoms with Crippen molar-refractivity contribution in [2.45, 2.75) is 6.54 Å². The quantitative estimate of drug-likeness (QED) is 0.853. The van der Waals surface area contributed by atoms with Gasteiger partial charge in [0.1, 0.15) is 0 Å². The third-order valence-electron chi connectivity index (χ3n) is 2.33. The third-order valence-corrected chi connectivity index (χ3v) is 2.33. The first-order valence-corrected chi connectivity index (χ1v) is 5.09. The predicted octanol–water partition coefficient (Wildman–Crippen LogP) is 1.70. The molecule has 0 bridgehead atoms. The molecule has 16 heavy (non-hydrogen) atoms. The lowest BCUT2D eigenvalue weighted by Gasteiger charge is -2.07. The molecule has 1 aromatic heterocycles. The Labute approximate surface area is 93.5 Å². The molecule has 0 aliphatic heterocycles. The molecule has 0 aliphatic rings. The Morgan fingerprint density at radius 2 is 1.94 bits per heavy atom. The highest BCUT2D eigenvalue weighted by atomic mass is 16.5. The van der Waals surface area contributed by atoms with Gasteiger partial charge in [0, 0.05) is 12.1 Å². The molecule has 4 nitrogen and oxygen atoms in total. The second-order valence-electron chi connectivity index (χ2n) is 3.95. The van der Waals surface area contributed by atoms with Crippen LogP contribution in [0.2, 0.25) is 0 Å². The van der Waals surface area contributed by atoms with E-state index in [2.05, 4.69) is 5.16 Å². The zero-order valence-electron chi connectivity index (χ0n) is 9.36. The molecule has 2 rings (SSSR count). The highest BCUT2D eigenvalue weighted by Crippen LogP contribution is 2.19. The number of benzene rings is 1. The Bertz CT molecular complexity index is 511. The average molecular weight is 218 g/mol. The molecule has 1 heterocycles. The molecule has 0 fully saturated rings. The Balaban J connectivity index is 2.46. The van der Waals surface area contributed by atoms with Crippen molar-refractivity contribution in [1.29, 1.82) is 0 Å². The lowest BCUT2D eigenvalue weighted by molar-refractivity contribution is 0.375. The zero-order valence-corrected chi connectivity index (χ0v) is 9.36. The van der Waals surface area contributed by atoms with Crippen molar-refractivity contribution < 1.29 is 4.52 Å². The Kier molecular flexibility index (Phi) is 2.92. The number of H-pyrrole nitrogens is 1. The molecular formula is C12H14N2O2. The summed E-state index contributed by atoms with van der Waals surface area (Å²) in [7, 11) is 3.84. The number of nitrogens with one attached hydrogen (secondary N) is 1. The molecule has 2 aromatic rings. The first kappa shape index (κ1) is 10.7. The van der Waals surface area contributed by atoms with Crippen LogP contribution in [0.3, 0.4) is 0 Å². The van der Waals surface area contributed by atoms with E-state index in [1.165, 1.54) is 0 Å². The summed E-state index contributed by atoms with van der Waals surface area (Å²) in [4.78, 5) is 13.5. The maximum absolute atomic E-state index is 11.5. The molecule has 0 unspecified atom stereocenters. The maximum atomic E-state index is 11.5. The van der Waals surface area contributed by atoms with Gasteiger partial charge in [-0.2, -0.15) is 0 Å². The predicted molar refractivity (Wildman–Crippen MR) is 62.2 cm³/mol. The summed E-state index contributed by atoms with van der Waals surface area (Å²) in [5.74, 6) is 0. The van der Waals surface area contributed by atoms with Crippen LogP contribution in [-0.2, 0) is 6.54 Å². The molecule has 4 heteroatoms. The van der Waals surface area contributed by atoms with Gasteiger partial charge in [-0.05, 0) is 14.1 Å². The summed E-state index contributed by atoms with van der Waals surface area (Å²) in [6, 6.07) is 9.69. The van der Waals surface area contributed by atoms with Crippen LogP contribution in [0.4, 0.5) is 0 Å². The Hall–Kier alpha value is -1.81. The van der Waals surface area contributed by atoms with Gasteiger partial charge in [0.2, 0.25) is 0 Å². The minimum atomic E-state index is -0.299. The molecule has 0 amide bonds. The SMILES string of the molecule is CN(C)Cc1c(-c2ccccc2)[nH]oc1=O. The van der Waals surface area contributed by atoms with Crippen molar-refractivity contribution in [1.82, 2.24) is 10.1 Å². The van der Waals surface area contributed by atoms with Crippen LogP contribution >= 0.6 is 0 Å². The van der Waals surface area contributed by atoms with Crippen LogP contribution in [-0.4, -0.2) is 24.2 Å². The normalized spacial score (nSPS) is 10.9. The first-order valence-electron chi connectivity index (χ1n) is 5.09. The smallest absolute Gasteiger partial charge is 0.338 e. The largest absolute Gasteiger partial charge is 0.362 e. The molecule has 0 aliphatic carbocycles. The van der Waals surface area contributed by atoms with E-state index in [-0.39, 0.29) is 5.63 Å². The average Bonchev–Trinajstić information content (AvgIpc) is 2.61. The van der Waals surface area contributed by atoms with E-state index in [9.17, 15) is 4.79 Å². The van der Waals surface area contributed by atoms with Gasteiger partial charge in [0.15, 0.2) is 0 Å². The van der Waals surface area contributed by atoms with Crippen LogP contribution in [0.15, 0.2) is 39.6 Å². The van der Waals surface area contributed by atoms with Gasteiger partial charge in [0.05, 0.1) is 11.3 Å². The van der Waals surface area contributed by atoms with Crippen LogP contribution in [0.25, 0.3) is 11.3 Å². The summed E-state index contributed by atoms with van der Waals surface area (Å²) in [5, 5.41) is 2.68. The second-order valence-corrected chi connectivity index (χ2v) is 3.95. The standard InChI is InChI=1S/C12H14N2O2/c1-14(2)8-10-11(13-16-12(10)15)9-6-4-3-5-7-9/h3-7,13H,8H2,1-2H3. The number of rotatable bonds is 3. The van der Waals surface area contributed by atoms with E-state index in [0.717, 1.165) is 11.3 Å². The number of hydrogen-bond donors (Lipinski definition) is 1. The second kappa shape index (κ2) is 4.37. The van der Waals surface area contributed by atoms with E-state index in [0.29, 0.717) is 12.1 Å². The van der Waals surface area contributed by atoms with E-state index in [1.54, 1.807) is 0 Å². The molecule has 0 radical (unpaired) electrons. The van der Waals surface area contributed by atoms with E-state index >= 15 is 0 Å². The lowest BCUT2D eigenvalue weighted by atomic mass is 10.1. The van der Waals surface area contributed by atoms with Gasteiger partial charge in [0.25, 0.3) is 0 Å². The molecular weight excluding hydrogens is 204 g/mol. The monoisotopic (exact) mass is 218 g/mol. The van der Waals surface area contributed by atoms with Crippen molar-refractivity contribution in [2.75, 3.05) is 14.1 Å². The summed E-state index contributed by atoms with van der Waals surface area (Å²) in [6.07, 6.45) is 0. The molecule has 0 saturated heterocycles. The van der Waals surface area contributed by atoms with E-state index in [4.69, 9.17) is 4.52 Å². The van der Waals surface area contributed by atoms with E-state index in [1.807, 2.05) is 49.3 Å². The van der Waals surface area contributed by atoms with Crippen LogP contribution in [0.1, 0.15) is 5.56 Å². The Morgan fingerprint density at radius 3 is 2.56 bits per heavy atom. The van der Waals surface area contributed by atoms with Crippen LogP contribution < -0.4 is 5.63 Å². The van der Waals surface area contributed by atoms with Gasteiger partial charge >= 0.3 is 5.63 Å². The van der Waals surface area contributed by atoms with Gasteiger partial charge < -0.3 is 9.42 Å². The number of aromatic amines is 1. The van der Waals surface area contributed by atoms with Gasteiger partial charge in [-0.25, -0.2) is 9.95 Å². The van der Waals surface area contributed by atoms with Crippen molar-refractivity contribution in [3.8, 4) is 11.3 Å². The fourth-order valence-electron chi connectivity index (χ4n) is 1.62. The Morgan fingerprint density at radius 1 is 1.25 bits per heavy atom. The number of aromatic nitrogens is 1. The highest BCUT2D eigenvalue weighted by Gasteiger charge is 2.13. The summed E-state index contributed by atoms with van der Waals surface area (Å²) in [6.45, 7) is 0.566. The molecule has 1 aromatic carbocycles. The summed E-state index contributed by atoms with van der Waals surface area (Å²) < 4.78 is 4.84. The molecule has 0 spiro atoms. The van der Waals surface area contributed by atoms with Crippen LogP contribution in [0.5, 0.6) is 0 Å². The molecule has 1 N–H and O–H groups in total. The van der Waals surface area contributed by atoms with Gasteiger partial charge in [-0.3, -0.25) is 0 Å². The van der Waals surface area contributed by atoms with Gasteiger partial charge in [-0.15, -0.1) is 0 Å². The lowest BCUT2D eigenvalue weighted by Crippen LogP contribution is -2.16. The topological polar surface area (TPSA) is 49.2 Å². The molecule has 84 valence electrons. The number of hydrogen-bond acceptors (Lipinski definition) is 3. The van der Waals surface area contributed by atoms with Crippen LogP contribution in [0, 0.1) is 0 Å². The minimum absolute atomic E-state index is 0.299. The molecule has 0 atom stereocenters. The molecule has 0 saturated carbocycles. The first-order chi connectivity index (χ1) is 7.68. The van der Waals surface area contributed by atoms with Crippen molar-refractivity contribution in [2.24, 2.45) is 0 Å². The fourth-order valence-corrected chi connectivity index (χ4v) is 1.62. The van der Waals surface area contributed by atoms with Gasteiger partial charge in [-0.1, -0.05) is 30.3 Å². The van der Waals surface area contributed by atoms with Crippen molar-refractivity contribution in [3.05, 3.63) is 46.3 Å². The van der Waals surface area contributed by atoms with E-state index < -0.39 is 0 Å². The minimum Gasteiger partial charge on any atom is -0.338 e. The maximum Gasteiger partial charge on any atom is 0.362 e. The number of nitrogens with zero attached hydrogens (tertiary/aromatic N) is 1. The third kappa shape index (κ3) is 2.06. The fraction of sp³-hybridized carbons (Fsp3) is 0.250.